The summed E-state index contributed by atoms with van der Waals surface area (Å²) >= 11 is 3.43. The van der Waals surface area contributed by atoms with E-state index < -0.39 is 15.9 Å². The number of nitrogens with zero attached hydrogens (tertiary/aromatic N) is 2. The number of sulfonamides is 1. The second kappa shape index (κ2) is 9.63. The molecule has 4 rings (SSSR count). The second-order valence-electron chi connectivity index (χ2n) is 7.23. The second-order valence-corrected chi connectivity index (χ2v) is 9.99. The number of hydrazone groups is 1. The van der Waals surface area contributed by atoms with Crippen LogP contribution < -0.4 is 19.2 Å². The third kappa shape index (κ3) is 5.52. The summed E-state index contributed by atoms with van der Waals surface area (Å²) in [7, 11) is -3.52. The Balaban J connectivity index is 1.45. The predicted octanol–water partition coefficient (Wildman–Crippen LogP) is 3.91. The van der Waals surface area contributed by atoms with Gasteiger partial charge < -0.3 is 9.47 Å². The number of halogens is 1. The molecule has 0 fully saturated rings. The van der Waals surface area contributed by atoms with Gasteiger partial charge in [0.25, 0.3) is 5.91 Å². The molecule has 0 aromatic heterocycles. The molecule has 1 aliphatic heterocycles. The van der Waals surface area contributed by atoms with Crippen molar-refractivity contribution in [3.63, 3.8) is 0 Å². The van der Waals surface area contributed by atoms with Gasteiger partial charge in [-0.15, -0.1) is 0 Å². The number of carbonyl (C=O) groups excluding carboxylic acids is 1. The van der Waals surface area contributed by atoms with Crippen LogP contribution in [0.3, 0.4) is 0 Å². The van der Waals surface area contributed by atoms with Crippen LogP contribution in [0.15, 0.2) is 76.3 Å². The Morgan fingerprint density at radius 2 is 1.76 bits per heavy atom. The lowest BCUT2D eigenvalue weighted by Gasteiger charge is -2.22. The average Bonchev–Trinajstić information content (AvgIpc) is 3.24. The number of carbonyl (C=O) groups is 1. The zero-order valence-corrected chi connectivity index (χ0v) is 20.0. The molecule has 0 aliphatic carbocycles. The molecule has 10 heteroatoms. The van der Waals surface area contributed by atoms with Gasteiger partial charge in [-0.05, 0) is 57.9 Å². The molecule has 0 bridgehead atoms. The van der Waals surface area contributed by atoms with Gasteiger partial charge in [0.15, 0.2) is 11.5 Å². The molecule has 1 heterocycles. The Morgan fingerprint density at radius 3 is 2.42 bits per heavy atom. The van der Waals surface area contributed by atoms with Crippen molar-refractivity contribution in [2.75, 3.05) is 17.4 Å². The van der Waals surface area contributed by atoms with Crippen molar-refractivity contribution < 1.29 is 22.7 Å². The highest BCUT2D eigenvalue weighted by Crippen LogP contribution is 2.36. The van der Waals surface area contributed by atoms with E-state index in [9.17, 15) is 13.2 Å². The zero-order chi connectivity index (χ0) is 23.4. The molecule has 0 radical (unpaired) electrons. The number of benzene rings is 3. The minimum absolute atomic E-state index is 0.164. The number of anilines is 1. The van der Waals surface area contributed by atoms with Crippen LogP contribution in [0.1, 0.15) is 21.5 Å². The van der Waals surface area contributed by atoms with Crippen LogP contribution in [0.5, 0.6) is 11.5 Å². The van der Waals surface area contributed by atoms with Gasteiger partial charge in [-0.25, -0.2) is 13.8 Å². The van der Waals surface area contributed by atoms with Crippen molar-refractivity contribution in [3.8, 4) is 11.5 Å². The van der Waals surface area contributed by atoms with Gasteiger partial charge in [-0.1, -0.05) is 30.3 Å². The van der Waals surface area contributed by atoms with E-state index in [4.69, 9.17) is 9.47 Å². The molecule has 33 heavy (non-hydrogen) atoms. The smallest absolute Gasteiger partial charge is 0.271 e. The van der Waals surface area contributed by atoms with Crippen LogP contribution in [0.25, 0.3) is 0 Å². The summed E-state index contributed by atoms with van der Waals surface area (Å²) in [5.74, 6) is 0.815. The summed E-state index contributed by atoms with van der Waals surface area (Å²) < 4.78 is 37.4. The fourth-order valence-corrected chi connectivity index (χ4v) is 4.50. The number of ether oxygens (including phenoxy) is 2. The number of hydrogen-bond donors (Lipinski definition) is 1. The van der Waals surface area contributed by atoms with Crippen LogP contribution in [0, 0.1) is 0 Å². The number of amides is 1. The van der Waals surface area contributed by atoms with E-state index in [0.717, 1.165) is 16.3 Å². The van der Waals surface area contributed by atoms with E-state index in [0.29, 0.717) is 28.3 Å². The lowest BCUT2D eigenvalue weighted by atomic mass is 10.2. The molecule has 8 nitrogen and oxygen atoms in total. The van der Waals surface area contributed by atoms with Crippen molar-refractivity contribution in [1.29, 1.82) is 0 Å². The van der Waals surface area contributed by atoms with E-state index >= 15 is 0 Å². The maximum atomic E-state index is 12.5. The first-order valence-corrected chi connectivity index (χ1v) is 12.5. The Bertz CT molecular complexity index is 1300. The first-order valence-electron chi connectivity index (χ1n) is 9.85. The summed E-state index contributed by atoms with van der Waals surface area (Å²) in [6, 6.07) is 19.1. The minimum atomic E-state index is -3.52. The van der Waals surface area contributed by atoms with Gasteiger partial charge in [0.05, 0.1) is 24.7 Å². The zero-order valence-electron chi connectivity index (χ0n) is 17.6. The van der Waals surface area contributed by atoms with E-state index in [-0.39, 0.29) is 13.3 Å². The maximum absolute atomic E-state index is 12.5. The normalized spacial score (nSPS) is 12.7. The minimum Gasteiger partial charge on any atom is -0.454 e. The topological polar surface area (TPSA) is 97.3 Å². The van der Waals surface area contributed by atoms with E-state index in [1.165, 1.54) is 10.5 Å². The van der Waals surface area contributed by atoms with Gasteiger partial charge in [-0.3, -0.25) is 9.10 Å². The standard InChI is InChI=1S/C23H20BrN3O5S/c1-33(29,30)27(14-16-5-3-2-4-6-16)19-9-7-17(8-10-19)23(28)26-25-13-18-11-21-22(12-20(18)24)32-15-31-21/h2-13H,14-15H2,1H3,(H,26,28). The fourth-order valence-electron chi connectivity index (χ4n) is 3.19. The molecular formula is C23H20BrN3O5S. The summed E-state index contributed by atoms with van der Waals surface area (Å²) in [5, 5.41) is 4.00. The van der Waals surface area contributed by atoms with Crippen LogP contribution in [0.2, 0.25) is 0 Å². The van der Waals surface area contributed by atoms with Gasteiger partial charge in [0.2, 0.25) is 16.8 Å². The predicted molar refractivity (Wildman–Crippen MR) is 129 cm³/mol. The number of hydrogen-bond acceptors (Lipinski definition) is 6. The van der Waals surface area contributed by atoms with Crippen LogP contribution in [-0.2, 0) is 16.6 Å². The van der Waals surface area contributed by atoms with Crippen molar-refractivity contribution in [3.05, 3.63) is 87.9 Å². The number of rotatable bonds is 7. The molecule has 0 atom stereocenters. The molecule has 1 N–H and O–H groups in total. The number of nitrogens with one attached hydrogen (secondary N) is 1. The third-order valence-corrected chi connectivity index (χ3v) is 6.68. The van der Waals surface area contributed by atoms with Crippen molar-refractivity contribution in [2.45, 2.75) is 6.54 Å². The van der Waals surface area contributed by atoms with Gasteiger partial charge in [0.1, 0.15) is 0 Å². The summed E-state index contributed by atoms with van der Waals surface area (Å²) in [6.07, 6.45) is 2.64. The third-order valence-electron chi connectivity index (χ3n) is 4.85. The highest BCUT2D eigenvalue weighted by molar-refractivity contribution is 9.10. The quantitative estimate of drug-likeness (QED) is 0.369. The van der Waals surface area contributed by atoms with Crippen LogP contribution in [0.4, 0.5) is 5.69 Å². The van der Waals surface area contributed by atoms with Crippen LogP contribution in [-0.4, -0.2) is 33.6 Å². The summed E-state index contributed by atoms with van der Waals surface area (Å²) in [5.41, 5.74) is 4.84. The van der Waals surface area contributed by atoms with Gasteiger partial charge in [-0.2, -0.15) is 5.10 Å². The monoisotopic (exact) mass is 529 g/mol. The summed E-state index contributed by atoms with van der Waals surface area (Å²) in [4.78, 5) is 12.5. The van der Waals surface area contributed by atoms with Crippen LogP contribution >= 0.6 is 15.9 Å². The molecule has 0 saturated heterocycles. The molecule has 1 amide bonds. The Labute approximate surface area is 200 Å². The molecule has 0 saturated carbocycles. The van der Waals surface area contributed by atoms with E-state index in [2.05, 4.69) is 26.5 Å². The van der Waals surface area contributed by atoms with E-state index in [1.807, 2.05) is 30.3 Å². The first kappa shape index (κ1) is 22.8. The molecule has 3 aromatic rings. The Kier molecular flexibility index (Phi) is 6.66. The Hall–Kier alpha value is -3.37. The average molecular weight is 530 g/mol. The first-order chi connectivity index (χ1) is 15.8. The SMILES string of the molecule is CS(=O)(=O)N(Cc1ccccc1)c1ccc(C(=O)NN=Cc2cc3c(cc2Br)OCO3)cc1. The van der Waals surface area contributed by atoms with Crippen molar-refractivity contribution in [2.24, 2.45) is 5.10 Å². The lowest BCUT2D eigenvalue weighted by molar-refractivity contribution is 0.0955. The number of fused-ring (bicyclic) bond motifs is 1. The molecule has 1 aliphatic rings. The maximum Gasteiger partial charge on any atom is 0.271 e. The molecule has 0 spiro atoms. The van der Waals surface area contributed by atoms with Gasteiger partial charge in [0, 0.05) is 15.6 Å². The molecule has 170 valence electrons. The largest absolute Gasteiger partial charge is 0.454 e. The Morgan fingerprint density at radius 1 is 1.09 bits per heavy atom. The van der Waals surface area contributed by atoms with Gasteiger partial charge >= 0.3 is 0 Å². The molecular weight excluding hydrogens is 510 g/mol. The highest BCUT2D eigenvalue weighted by atomic mass is 79.9. The van der Waals surface area contributed by atoms with Crippen molar-refractivity contribution in [1.82, 2.24) is 5.43 Å². The van der Waals surface area contributed by atoms with E-state index in [1.54, 1.807) is 36.4 Å². The summed E-state index contributed by atoms with van der Waals surface area (Å²) in [6.45, 7) is 0.358. The highest BCUT2D eigenvalue weighted by Gasteiger charge is 2.19. The lowest BCUT2D eigenvalue weighted by Crippen LogP contribution is -2.29. The van der Waals surface area contributed by atoms with Crippen molar-refractivity contribution >= 4 is 43.8 Å². The molecule has 0 unspecified atom stereocenters. The fraction of sp³-hybridized carbons (Fsp3) is 0.130. The molecule has 3 aromatic carbocycles.